The number of hydrogen-bond acceptors (Lipinski definition) is 2. The molecule has 0 N–H and O–H groups in total. The molecular formula is C17H14Cl2OS. The van der Waals surface area contributed by atoms with E-state index in [1.165, 1.54) is 29.3 Å². The normalized spacial score (nSPS) is 13.2. The van der Waals surface area contributed by atoms with E-state index in [1.807, 2.05) is 12.1 Å². The largest absolute Gasteiger partial charge is 0.293 e. The minimum atomic E-state index is 0.130. The Hall–Kier alpha value is -0.960. The van der Waals surface area contributed by atoms with Crippen molar-refractivity contribution in [1.82, 2.24) is 0 Å². The molecule has 0 aromatic heterocycles. The Kier molecular flexibility index (Phi) is 4.58. The quantitative estimate of drug-likeness (QED) is 0.544. The van der Waals surface area contributed by atoms with Crippen LogP contribution in [0.2, 0.25) is 10.0 Å². The van der Waals surface area contributed by atoms with Gasteiger partial charge in [-0.1, -0.05) is 35.3 Å². The van der Waals surface area contributed by atoms with Crippen molar-refractivity contribution < 1.29 is 4.79 Å². The summed E-state index contributed by atoms with van der Waals surface area (Å²) in [6.45, 7) is 0. The smallest absolute Gasteiger partial charge is 0.173 e. The van der Waals surface area contributed by atoms with E-state index in [9.17, 15) is 4.79 Å². The van der Waals surface area contributed by atoms with Crippen molar-refractivity contribution in [2.45, 2.75) is 24.2 Å². The molecule has 21 heavy (non-hydrogen) atoms. The fourth-order valence-corrected chi connectivity index (χ4v) is 3.95. The summed E-state index contributed by atoms with van der Waals surface area (Å²) in [5.41, 5.74) is 3.50. The van der Waals surface area contributed by atoms with E-state index in [0.29, 0.717) is 15.8 Å². The summed E-state index contributed by atoms with van der Waals surface area (Å²) in [7, 11) is 0. The lowest BCUT2D eigenvalue weighted by molar-refractivity contribution is 0.102. The lowest BCUT2D eigenvalue weighted by Gasteiger charge is -2.06. The first-order valence-corrected chi connectivity index (χ1v) is 8.60. The van der Waals surface area contributed by atoms with Crippen LogP contribution in [0.25, 0.3) is 0 Å². The number of ketones is 1. The first-order valence-electron chi connectivity index (χ1n) is 6.86. The van der Waals surface area contributed by atoms with Gasteiger partial charge in [0.15, 0.2) is 5.78 Å². The highest BCUT2D eigenvalue weighted by Crippen LogP contribution is 2.30. The summed E-state index contributed by atoms with van der Waals surface area (Å²) < 4.78 is 0. The first kappa shape index (κ1) is 15.0. The SMILES string of the molecule is O=C(CSc1cc(Cl)ccc1Cl)c1ccc2c(c1)CCC2. The molecule has 1 nitrogen and oxygen atoms in total. The summed E-state index contributed by atoms with van der Waals surface area (Å²) >= 11 is 13.5. The highest BCUT2D eigenvalue weighted by molar-refractivity contribution is 8.00. The van der Waals surface area contributed by atoms with E-state index in [1.54, 1.807) is 18.2 Å². The molecule has 2 aromatic rings. The molecule has 0 heterocycles. The van der Waals surface area contributed by atoms with Crippen LogP contribution in [-0.4, -0.2) is 11.5 Å². The van der Waals surface area contributed by atoms with Crippen molar-refractivity contribution in [3.05, 3.63) is 63.1 Å². The predicted molar refractivity (Wildman–Crippen MR) is 90.0 cm³/mol. The fraction of sp³-hybridized carbons (Fsp3) is 0.235. The number of halogens is 2. The average Bonchev–Trinajstić information content (AvgIpc) is 2.95. The predicted octanol–water partition coefficient (Wildman–Crippen LogP) is 5.46. The van der Waals surface area contributed by atoms with Crippen molar-refractivity contribution in [3.8, 4) is 0 Å². The number of rotatable bonds is 4. The van der Waals surface area contributed by atoms with Crippen LogP contribution in [0.4, 0.5) is 0 Å². The van der Waals surface area contributed by atoms with Crippen LogP contribution >= 0.6 is 35.0 Å². The van der Waals surface area contributed by atoms with E-state index in [4.69, 9.17) is 23.2 Å². The van der Waals surface area contributed by atoms with Crippen molar-refractivity contribution in [1.29, 1.82) is 0 Å². The summed E-state index contributed by atoms with van der Waals surface area (Å²) in [5, 5.41) is 1.26. The van der Waals surface area contributed by atoms with Gasteiger partial charge in [0, 0.05) is 15.5 Å². The van der Waals surface area contributed by atoms with Gasteiger partial charge in [0.1, 0.15) is 0 Å². The number of Topliss-reactive ketones (excluding diaryl/α,β-unsaturated/α-hetero) is 1. The number of benzene rings is 2. The van der Waals surface area contributed by atoms with Crippen LogP contribution in [0.5, 0.6) is 0 Å². The van der Waals surface area contributed by atoms with Crippen molar-refractivity contribution in [3.63, 3.8) is 0 Å². The molecule has 3 rings (SSSR count). The Bertz CT molecular complexity index is 697. The maximum absolute atomic E-state index is 12.3. The van der Waals surface area contributed by atoms with Gasteiger partial charge < -0.3 is 0 Å². The number of carbonyl (C=O) groups is 1. The van der Waals surface area contributed by atoms with E-state index < -0.39 is 0 Å². The van der Waals surface area contributed by atoms with Gasteiger partial charge in [-0.2, -0.15) is 0 Å². The summed E-state index contributed by atoms with van der Waals surface area (Å²) in [5.74, 6) is 0.504. The Balaban J connectivity index is 1.70. The van der Waals surface area contributed by atoms with E-state index in [2.05, 4.69) is 6.07 Å². The second-order valence-corrected chi connectivity index (χ2v) is 6.98. The lowest BCUT2D eigenvalue weighted by Crippen LogP contribution is -2.03. The molecule has 0 bridgehead atoms. The molecule has 108 valence electrons. The van der Waals surface area contributed by atoms with E-state index in [-0.39, 0.29) is 5.78 Å². The second kappa shape index (κ2) is 6.43. The molecule has 0 amide bonds. The van der Waals surface area contributed by atoms with Crippen LogP contribution in [0.3, 0.4) is 0 Å². The van der Waals surface area contributed by atoms with Gasteiger partial charge in [-0.3, -0.25) is 4.79 Å². The lowest BCUT2D eigenvalue weighted by atomic mass is 10.0. The van der Waals surface area contributed by atoms with Crippen molar-refractivity contribution in [2.24, 2.45) is 0 Å². The Morgan fingerprint density at radius 2 is 1.86 bits per heavy atom. The highest BCUT2D eigenvalue weighted by Gasteiger charge is 2.14. The molecule has 0 atom stereocenters. The molecule has 2 aromatic carbocycles. The maximum atomic E-state index is 12.3. The van der Waals surface area contributed by atoms with Crippen LogP contribution in [0, 0.1) is 0 Å². The zero-order valence-electron chi connectivity index (χ0n) is 11.4. The van der Waals surface area contributed by atoms with E-state index in [0.717, 1.165) is 23.3 Å². The number of fused-ring (bicyclic) bond motifs is 1. The minimum absolute atomic E-state index is 0.130. The van der Waals surface area contributed by atoms with Gasteiger partial charge >= 0.3 is 0 Å². The fourth-order valence-electron chi connectivity index (χ4n) is 2.56. The zero-order valence-corrected chi connectivity index (χ0v) is 13.7. The van der Waals surface area contributed by atoms with Gasteiger partial charge in [-0.25, -0.2) is 0 Å². The molecule has 1 aliphatic rings. The summed E-state index contributed by atoms with van der Waals surface area (Å²) in [6, 6.07) is 11.4. The van der Waals surface area contributed by atoms with Gasteiger partial charge in [0.25, 0.3) is 0 Å². The topological polar surface area (TPSA) is 17.1 Å². The Morgan fingerprint density at radius 1 is 1.05 bits per heavy atom. The van der Waals surface area contributed by atoms with Crippen LogP contribution in [0.15, 0.2) is 41.3 Å². The number of aryl methyl sites for hydroxylation is 2. The van der Waals surface area contributed by atoms with Gasteiger partial charge in [0.2, 0.25) is 0 Å². The van der Waals surface area contributed by atoms with E-state index >= 15 is 0 Å². The second-order valence-electron chi connectivity index (χ2n) is 5.12. The van der Waals surface area contributed by atoms with Crippen molar-refractivity contribution in [2.75, 3.05) is 5.75 Å². The molecule has 1 aliphatic carbocycles. The van der Waals surface area contributed by atoms with Crippen LogP contribution in [-0.2, 0) is 12.8 Å². The third-order valence-corrected chi connectivity index (χ3v) is 5.40. The molecule has 0 fully saturated rings. The average molecular weight is 337 g/mol. The number of thioether (sulfide) groups is 1. The van der Waals surface area contributed by atoms with Crippen LogP contribution < -0.4 is 0 Å². The molecule has 0 radical (unpaired) electrons. The highest BCUT2D eigenvalue weighted by atomic mass is 35.5. The minimum Gasteiger partial charge on any atom is -0.293 e. The van der Waals surface area contributed by atoms with Gasteiger partial charge in [-0.05, 0) is 54.7 Å². The third-order valence-electron chi connectivity index (χ3n) is 3.67. The Labute approximate surface area is 138 Å². The first-order chi connectivity index (χ1) is 10.1. The molecule has 0 saturated carbocycles. The molecule has 0 unspecified atom stereocenters. The Morgan fingerprint density at radius 3 is 2.71 bits per heavy atom. The summed E-state index contributed by atoms with van der Waals surface area (Å²) in [6.07, 6.45) is 3.42. The van der Waals surface area contributed by atoms with Gasteiger partial charge in [-0.15, -0.1) is 11.8 Å². The monoisotopic (exact) mass is 336 g/mol. The summed E-state index contributed by atoms with van der Waals surface area (Å²) in [4.78, 5) is 13.2. The standard InChI is InChI=1S/C17H14Cl2OS/c18-14-6-7-15(19)17(9-14)21-10-16(20)13-5-4-11-2-1-3-12(11)8-13/h4-9H,1-3,10H2. The number of hydrogen-bond donors (Lipinski definition) is 0. The zero-order chi connectivity index (χ0) is 14.8. The van der Waals surface area contributed by atoms with Gasteiger partial charge in [0.05, 0.1) is 10.8 Å². The third kappa shape index (κ3) is 3.45. The molecule has 0 spiro atoms. The molecule has 0 saturated heterocycles. The molecule has 0 aliphatic heterocycles. The molecular weight excluding hydrogens is 323 g/mol. The maximum Gasteiger partial charge on any atom is 0.173 e. The number of carbonyl (C=O) groups excluding carboxylic acids is 1. The van der Waals surface area contributed by atoms with Crippen LogP contribution in [0.1, 0.15) is 27.9 Å². The van der Waals surface area contributed by atoms with Crippen molar-refractivity contribution >= 4 is 40.7 Å². The molecule has 4 heteroatoms.